The summed E-state index contributed by atoms with van der Waals surface area (Å²) in [7, 11) is 3.40. The monoisotopic (exact) mass is 251 g/mol. The van der Waals surface area contributed by atoms with Crippen molar-refractivity contribution < 1.29 is 9.90 Å². The van der Waals surface area contributed by atoms with Gasteiger partial charge in [0, 0.05) is 32.5 Å². The Kier molecular flexibility index (Phi) is 5.58. The van der Waals surface area contributed by atoms with Crippen LogP contribution in [-0.2, 0) is 0 Å². The first-order valence-corrected chi connectivity index (χ1v) is 6.10. The summed E-state index contributed by atoms with van der Waals surface area (Å²) >= 11 is 0. The predicted octanol–water partition coefficient (Wildman–Crippen LogP) is 1.36. The van der Waals surface area contributed by atoms with Gasteiger partial charge in [0.15, 0.2) is 0 Å². The molecule has 0 saturated carbocycles. The molecule has 1 rings (SSSR count). The van der Waals surface area contributed by atoms with E-state index in [0.717, 1.165) is 25.1 Å². The van der Waals surface area contributed by atoms with Gasteiger partial charge in [0.05, 0.1) is 6.10 Å². The van der Waals surface area contributed by atoms with Crippen LogP contribution in [0.5, 0.6) is 0 Å². The van der Waals surface area contributed by atoms with Crippen LogP contribution in [0.4, 0.5) is 5.69 Å². The number of hydrogen-bond donors (Lipinski definition) is 2. The highest BCUT2D eigenvalue weighted by Gasteiger charge is 2.09. The molecule has 100 valence electrons. The number of pyridine rings is 1. The maximum Gasteiger partial charge on any atom is 0.272 e. The summed E-state index contributed by atoms with van der Waals surface area (Å²) < 4.78 is 0. The fourth-order valence-corrected chi connectivity index (χ4v) is 1.52. The van der Waals surface area contributed by atoms with Gasteiger partial charge in [-0.3, -0.25) is 9.78 Å². The van der Waals surface area contributed by atoms with Crippen molar-refractivity contribution in [2.75, 3.05) is 26.0 Å². The summed E-state index contributed by atoms with van der Waals surface area (Å²) in [6, 6.07) is 3.57. The maximum absolute atomic E-state index is 11.7. The Morgan fingerprint density at radius 1 is 1.56 bits per heavy atom. The molecule has 0 aliphatic carbocycles. The Morgan fingerprint density at radius 2 is 2.28 bits per heavy atom. The molecule has 5 nitrogen and oxygen atoms in total. The summed E-state index contributed by atoms with van der Waals surface area (Å²) in [5, 5.41) is 12.4. The molecule has 0 aromatic carbocycles. The molecular formula is C13H21N3O2. The molecule has 18 heavy (non-hydrogen) atoms. The lowest BCUT2D eigenvalue weighted by atomic mass is 10.2. The third-order valence-corrected chi connectivity index (χ3v) is 2.51. The van der Waals surface area contributed by atoms with Gasteiger partial charge in [0.1, 0.15) is 5.69 Å². The van der Waals surface area contributed by atoms with Crippen molar-refractivity contribution in [2.45, 2.75) is 25.9 Å². The van der Waals surface area contributed by atoms with Crippen LogP contribution >= 0.6 is 0 Å². The second kappa shape index (κ2) is 6.96. The van der Waals surface area contributed by atoms with Crippen molar-refractivity contribution in [2.24, 2.45) is 0 Å². The summed E-state index contributed by atoms with van der Waals surface area (Å²) in [5.41, 5.74) is 1.31. The second-order valence-electron chi connectivity index (χ2n) is 4.55. The number of carbonyl (C=O) groups is 1. The molecular weight excluding hydrogens is 230 g/mol. The first-order valence-electron chi connectivity index (χ1n) is 6.10. The smallest absolute Gasteiger partial charge is 0.272 e. The predicted molar refractivity (Wildman–Crippen MR) is 71.7 cm³/mol. The van der Waals surface area contributed by atoms with Crippen LogP contribution in [0, 0.1) is 0 Å². The van der Waals surface area contributed by atoms with Crippen LogP contribution < -0.4 is 5.32 Å². The Balaban J connectivity index is 2.52. The largest absolute Gasteiger partial charge is 0.393 e. The minimum absolute atomic E-state index is 0.109. The zero-order chi connectivity index (χ0) is 13.5. The molecule has 1 aromatic heterocycles. The fraction of sp³-hybridized carbons (Fsp3) is 0.538. The minimum Gasteiger partial charge on any atom is -0.393 e. The number of aliphatic hydroxyl groups is 1. The van der Waals surface area contributed by atoms with Crippen LogP contribution in [0.2, 0.25) is 0 Å². The lowest BCUT2D eigenvalue weighted by Gasteiger charge is -2.11. The van der Waals surface area contributed by atoms with E-state index in [1.54, 1.807) is 33.3 Å². The van der Waals surface area contributed by atoms with E-state index >= 15 is 0 Å². The Hall–Kier alpha value is -1.62. The third kappa shape index (κ3) is 4.71. The van der Waals surface area contributed by atoms with Gasteiger partial charge >= 0.3 is 0 Å². The van der Waals surface area contributed by atoms with Crippen molar-refractivity contribution in [1.29, 1.82) is 0 Å². The standard InChI is InChI=1S/C13H21N3O2/c1-10(17)5-4-7-14-11-6-8-15-12(9-11)13(18)16(2)3/h6,8-10,17H,4-5,7H2,1-3H3,(H,14,15). The second-order valence-corrected chi connectivity index (χ2v) is 4.55. The number of aliphatic hydroxyl groups excluding tert-OH is 1. The van der Waals surface area contributed by atoms with Gasteiger partial charge in [-0.15, -0.1) is 0 Å². The average molecular weight is 251 g/mol. The molecule has 0 aliphatic heterocycles. The van der Waals surface area contributed by atoms with Gasteiger partial charge in [-0.1, -0.05) is 0 Å². The Bertz CT molecular complexity index is 392. The first kappa shape index (κ1) is 14.4. The first-order chi connectivity index (χ1) is 8.50. The van der Waals surface area contributed by atoms with Crippen LogP contribution in [-0.4, -0.2) is 47.6 Å². The fourth-order valence-electron chi connectivity index (χ4n) is 1.52. The molecule has 1 unspecified atom stereocenters. The molecule has 0 fully saturated rings. The Labute approximate surface area is 108 Å². The number of aromatic nitrogens is 1. The number of nitrogens with one attached hydrogen (secondary N) is 1. The molecule has 1 atom stereocenters. The van der Waals surface area contributed by atoms with Crippen molar-refractivity contribution in [3.05, 3.63) is 24.0 Å². The zero-order valence-electron chi connectivity index (χ0n) is 11.2. The number of hydrogen-bond acceptors (Lipinski definition) is 4. The number of rotatable bonds is 6. The van der Waals surface area contributed by atoms with Crippen LogP contribution in [0.3, 0.4) is 0 Å². The van der Waals surface area contributed by atoms with E-state index in [1.807, 2.05) is 6.07 Å². The lowest BCUT2D eigenvalue weighted by Crippen LogP contribution is -2.22. The van der Waals surface area contributed by atoms with Crippen LogP contribution in [0.1, 0.15) is 30.3 Å². The lowest BCUT2D eigenvalue weighted by molar-refractivity contribution is 0.0822. The Morgan fingerprint density at radius 3 is 2.89 bits per heavy atom. The van der Waals surface area contributed by atoms with Gasteiger partial charge in [-0.25, -0.2) is 0 Å². The van der Waals surface area contributed by atoms with Crippen molar-refractivity contribution in [1.82, 2.24) is 9.88 Å². The molecule has 0 spiro atoms. The van der Waals surface area contributed by atoms with Crippen molar-refractivity contribution in [3.63, 3.8) is 0 Å². The summed E-state index contributed by atoms with van der Waals surface area (Å²) in [6.07, 6.45) is 3.00. The van der Waals surface area contributed by atoms with E-state index < -0.39 is 0 Å². The zero-order valence-corrected chi connectivity index (χ0v) is 11.2. The number of amides is 1. The molecule has 0 bridgehead atoms. The van der Waals surface area contributed by atoms with Gasteiger partial charge < -0.3 is 15.3 Å². The molecule has 1 amide bonds. The molecule has 0 saturated heterocycles. The van der Waals surface area contributed by atoms with Crippen molar-refractivity contribution >= 4 is 11.6 Å². The molecule has 5 heteroatoms. The number of nitrogens with zero attached hydrogens (tertiary/aromatic N) is 2. The van der Waals surface area contributed by atoms with Gasteiger partial charge in [-0.05, 0) is 31.9 Å². The van der Waals surface area contributed by atoms with E-state index in [9.17, 15) is 4.79 Å². The maximum atomic E-state index is 11.7. The van der Waals surface area contributed by atoms with Gasteiger partial charge in [0.25, 0.3) is 5.91 Å². The topological polar surface area (TPSA) is 65.5 Å². The highest BCUT2D eigenvalue weighted by Crippen LogP contribution is 2.09. The third-order valence-electron chi connectivity index (χ3n) is 2.51. The summed E-state index contributed by atoms with van der Waals surface area (Å²) in [6.45, 7) is 2.55. The molecule has 1 aromatic rings. The molecule has 0 aliphatic rings. The average Bonchev–Trinajstić information content (AvgIpc) is 2.33. The van der Waals surface area contributed by atoms with E-state index in [-0.39, 0.29) is 12.0 Å². The number of anilines is 1. The summed E-state index contributed by atoms with van der Waals surface area (Å²) in [4.78, 5) is 17.3. The van der Waals surface area contributed by atoms with Crippen LogP contribution in [0.25, 0.3) is 0 Å². The highest BCUT2D eigenvalue weighted by atomic mass is 16.3. The minimum atomic E-state index is -0.268. The quantitative estimate of drug-likeness (QED) is 0.749. The molecule has 0 radical (unpaired) electrons. The van der Waals surface area contributed by atoms with E-state index in [0.29, 0.717) is 5.69 Å². The van der Waals surface area contributed by atoms with Gasteiger partial charge in [0.2, 0.25) is 0 Å². The van der Waals surface area contributed by atoms with E-state index in [1.165, 1.54) is 4.90 Å². The van der Waals surface area contributed by atoms with E-state index in [2.05, 4.69) is 10.3 Å². The van der Waals surface area contributed by atoms with E-state index in [4.69, 9.17) is 5.11 Å². The van der Waals surface area contributed by atoms with Crippen LogP contribution in [0.15, 0.2) is 18.3 Å². The normalized spacial score (nSPS) is 12.0. The highest BCUT2D eigenvalue weighted by molar-refractivity contribution is 5.92. The van der Waals surface area contributed by atoms with Crippen molar-refractivity contribution in [3.8, 4) is 0 Å². The number of carbonyl (C=O) groups excluding carboxylic acids is 1. The van der Waals surface area contributed by atoms with Gasteiger partial charge in [-0.2, -0.15) is 0 Å². The molecule has 2 N–H and O–H groups in total. The summed E-state index contributed by atoms with van der Waals surface area (Å²) in [5.74, 6) is -0.109. The molecule has 1 heterocycles. The SMILES string of the molecule is CC(O)CCCNc1ccnc(C(=O)N(C)C)c1.